The van der Waals surface area contributed by atoms with Crippen LogP contribution in [0.5, 0.6) is 0 Å². The molecule has 1 atom stereocenters. The van der Waals surface area contributed by atoms with E-state index in [1.165, 1.54) is 23.5 Å². The topological polar surface area (TPSA) is 74.7 Å². The van der Waals surface area contributed by atoms with Crippen molar-refractivity contribution in [2.45, 2.75) is 56.9 Å². The number of hydrogen-bond donors (Lipinski definition) is 1. The number of thiazole rings is 1. The zero-order valence-corrected chi connectivity index (χ0v) is 21.9. The molecule has 3 heterocycles. The van der Waals surface area contributed by atoms with Gasteiger partial charge >= 0.3 is 0 Å². The van der Waals surface area contributed by atoms with Crippen molar-refractivity contribution < 1.29 is 14.0 Å². The number of aromatic nitrogens is 1. The predicted molar refractivity (Wildman–Crippen MR) is 144 cm³/mol. The summed E-state index contributed by atoms with van der Waals surface area (Å²) in [4.78, 5) is 36.9. The monoisotopic (exact) mass is 518 g/mol. The quantitative estimate of drug-likeness (QED) is 0.441. The van der Waals surface area contributed by atoms with Gasteiger partial charge in [0.2, 0.25) is 5.91 Å². The van der Waals surface area contributed by atoms with E-state index in [0.29, 0.717) is 31.6 Å². The first-order valence-corrected chi connectivity index (χ1v) is 13.6. The number of piperidine rings is 1. The number of halogens is 1. The number of carbonyl (C=O) groups excluding carboxylic acids is 2. The second-order valence-electron chi connectivity index (χ2n) is 10.5. The Hall–Kier alpha value is -3.39. The third kappa shape index (κ3) is 5.96. The number of fused-ring (bicyclic) bond motifs is 1. The zero-order chi connectivity index (χ0) is 26.0. The number of hydrogen-bond acceptors (Lipinski definition) is 5. The number of nitrogens with zero attached hydrogens (tertiary/aromatic N) is 3. The number of aliphatic imine (C=N–C) groups is 1. The first-order valence-electron chi connectivity index (χ1n) is 12.7. The molecule has 192 valence electrons. The van der Waals surface area contributed by atoms with Crippen molar-refractivity contribution >= 4 is 35.1 Å². The summed E-state index contributed by atoms with van der Waals surface area (Å²) < 4.78 is 13.2. The van der Waals surface area contributed by atoms with Gasteiger partial charge in [0, 0.05) is 48.5 Å². The summed E-state index contributed by atoms with van der Waals surface area (Å²) in [5.74, 6) is -0.0230. The van der Waals surface area contributed by atoms with Gasteiger partial charge in [-0.05, 0) is 62.4 Å². The van der Waals surface area contributed by atoms with Crippen LogP contribution >= 0.6 is 11.3 Å². The lowest BCUT2D eigenvalue weighted by Crippen LogP contribution is -2.45. The molecule has 1 saturated heterocycles. The molecule has 0 spiro atoms. The first-order chi connectivity index (χ1) is 17.8. The highest BCUT2D eigenvalue weighted by Gasteiger charge is 2.30. The van der Waals surface area contributed by atoms with Crippen molar-refractivity contribution in [2.75, 3.05) is 13.1 Å². The van der Waals surface area contributed by atoms with E-state index in [9.17, 15) is 14.0 Å². The molecule has 2 aromatic carbocycles. The van der Waals surface area contributed by atoms with Crippen LogP contribution in [0, 0.1) is 5.82 Å². The van der Waals surface area contributed by atoms with Crippen LogP contribution in [0.1, 0.15) is 71.6 Å². The lowest BCUT2D eigenvalue weighted by molar-refractivity contribution is -0.132. The number of para-hydroxylation sites is 1. The molecule has 37 heavy (non-hydrogen) atoms. The zero-order valence-electron chi connectivity index (χ0n) is 21.1. The highest BCUT2D eigenvalue weighted by molar-refractivity contribution is 7.09. The van der Waals surface area contributed by atoms with Crippen LogP contribution in [0.4, 0.5) is 10.1 Å². The maximum Gasteiger partial charge on any atom is 0.271 e. The van der Waals surface area contributed by atoms with Gasteiger partial charge in [-0.2, -0.15) is 0 Å². The van der Waals surface area contributed by atoms with Crippen molar-refractivity contribution in [3.05, 3.63) is 81.6 Å². The Bertz CT molecular complexity index is 1310. The number of likely N-dealkylation sites (tertiary alicyclic amines) is 1. The SMILES string of the molecule is CC(C)(Cc1ccc(F)cc1)NC(=O)c1csc(C2CCN(C(=O)CC3C=Nc4ccccc43)CC2)n1. The molecule has 0 bridgehead atoms. The highest BCUT2D eigenvalue weighted by Crippen LogP contribution is 2.35. The largest absolute Gasteiger partial charge is 0.345 e. The summed E-state index contributed by atoms with van der Waals surface area (Å²) >= 11 is 1.51. The molecule has 2 aliphatic heterocycles. The van der Waals surface area contributed by atoms with Crippen LogP contribution in [-0.2, 0) is 11.2 Å². The molecule has 1 N–H and O–H groups in total. The Morgan fingerprint density at radius 2 is 1.84 bits per heavy atom. The van der Waals surface area contributed by atoms with E-state index in [1.54, 1.807) is 12.1 Å². The van der Waals surface area contributed by atoms with Crippen molar-refractivity contribution in [3.63, 3.8) is 0 Å². The minimum Gasteiger partial charge on any atom is -0.345 e. The smallest absolute Gasteiger partial charge is 0.271 e. The number of amides is 2. The third-order valence-electron chi connectivity index (χ3n) is 7.09. The van der Waals surface area contributed by atoms with E-state index >= 15 is 0 Å². The Kier molecular flexibility index (Phi) is 7.20. The second kappa shape index (κ2) is 10.5. The van der Waals surface area contributed by atoms with Crippen LogP contribution in [-0.4, -0.2) is 46.5 Å². The molecule has 1 unspecified atom stereocenters. The predicted octanol–water partition coefficient (Wildman–Crippen LogP) is 5.63. The third-order valence-corrected chi connectivity index (χ3v) is 8.09. The van der Waals surface area contributed by atoms with Gasteiger partial charge in [-0.15, -0.1) is 11.3 Å². The number of nitrogens with one attached hydrogen (secondary N) is 1. The van der Waals surface area contributed by atoms with E-state index in [-0.39, 0.29) is 29.5 Å². The van der Waals surface area contributed by atoms with Gasteiger partial charge in [-0.3, -0.25) is 14.6 Å². The summed E-state index contributed by atoms with van der Waals surface area (Å²) in [6.45, 7) is 5.29. The molecule has 3 aromatic rings. The summed E-state index contributed by atoms with van der Waals surface area (Å²) in [5.41, 5.74) is 2.96. The lowest BCUT2D eigenvalue weighted by atomic mass is 9.94. The molecule has 0 saturated carbocycles. The molecule has 0 radical (unpaired) electrons. The minimum absolute atomic E-state index is 0.0498. The van der Waals surface area contributed by atoms with Crippen LogP contribution in [0.2, 0.25) is 0 Å². The molecule has 2 amide bonds. The maximum atomic E-state index is 13.2. The molecule has 0 aliphatic carbocycles. The molecule has 1 fully saturated rings. The van der Waals surface area contributed by atoms with Crippen molar-refractivity contribution in [1.29, 1.82) is 0 Å². The number of benzene rings is 2. The molecule has 8 heteroatoms. The van der Waals surface area contributed by atoms with Crippen LogP contribution < -0.4 is 5.32 Å². The van der Waals surface area contributed by atoms with E-state index in [1.807, 2.05) is 54.6 Å². The van der Waals surface area contributed by atoms with Gasteiger partial charge in [0.05, 0.1) is 10.7 Å². The number of rotatable bonds is 7. The summed E-state index contributed by atoms with van der Waals surface area (Å²) in [6, 6.07) is 14.3. The molecule has 5 rings (SSSR count). The number of carbonyl (C=O) groups is 2. The fourth-order valence-corrected chi connectivity index (χ4v) is 6.10. The summed E-state index contributed by atoms with van der Waals surface area (Å²) in [7, 11) is 0. The van der Waals surface area contributed by atoms with E-state index in [2.05, 4.69) is 15.3 Å². The van der Waals surface area contributed by atoms with Gasteiger partial charge in [0.15, 0.2) is 0 Å². The average molecular weight is 519 g/mol. The first kappa shape index (κ1) is 25.3. The van der Waals surface area contributed by atoms with Gasteiger partial charge in [0.1, 0.15) is 11.5 Å². The fourth-order valence-electron chi connectivity index (χ4n) is 5.13. The minimum atomic E-state index is -0.505. The molecule has 6 nitrogen and oxygen atoms in total. The Morgan fingerprint density at radius 1 is 1.11 bits per heavy atom. The Morgan fingerprint density at radius 3 is 2.59 bits per heavy atom. The fraction of sp³-hybridized carbons (Fsp3) is 0.379. The van der Waals surface area contributed by atoms with E-state index in [4.69, 9.17) is 0 Å². The van der Waals surface area contributed by atoms with Crippen molar-refractivity contribution in [1.82, 2.24) is 15.2 Å². The Labute approximate surface area is 220 Å². The van der Waals surface area contributed by atoms with Gasteiger partial charge in [-0.1, -0.05) is 30.3 Å². The average Bonchev–Trinajstić information content (AvgIpc) is 3.53. The second-order valence-corrected chi connectivity index (χ2v) is 11.4. The van der Waals surface area contributed by atoms with Gasteiger partial charge in [0.25, 0.3) is 5.91 Å². The lowest BCUT2D eigenvalue weighted by Gasteiger charge is -2.31. The molecule has 1 aromatic heterocycles. The summed E-state index contributed by atoms with van der Waals surface area (Å²) in [5, 5.41) is 5.83. The van der Waals surface area contributed by atoms with Crippen LogP contribution in [0.15, 0.2) is 58.9 Å². The van der Waals surface area contributed by atoms with Crippen LogP contribution in [0.25, 0.3) is 0 Å². The molecular formula is C29H31FN4O2S. The summed E-state index contributed by atoms with van der Waals surface area (Å²) in [6.07, 6.45) is 4.59. The van der Waals surface area contributed by atoms with Crippen molar-refractivity contribution in [3.8, 4) is 0 Å². The maximum absolute atomic E-state index is 13.2. The standard InChI is InChI=1S/C29H31FN4O2S/c1-29(2,16-19-7-9-22(30)10-8-19)33-27(36)25-18-37-28(32-25)20-11-13-34(14-12-20)26(35)15-21-17-31-24-6-4-3-5-23(21)24/h3-10,17-18,20-21H,11-16H2,1-2H3,(H,33,36). The van der Waals surface area contributed by atoms with Crippen molar-refractivity contribution in [2.24, 2.45) is 4.99 Å². The van der Waals surface area contributed by atoms with Gasteiger partial charge in [-0.25, -0.2) is 9.37 Å². The highest BCUT2D eigenvalue weighted by atomic mass is 32.1. The molecular weight excluding hydrogens is 487 g/mol. The van der Waals surface area contributed by atoms with E-state index in [0.717, 1.165) is 34.7 Å². The molecule has 2 aliphatic rings. The van der Waals surface area contributed by atoms with Gasteiger partial charge < -0.3 is 10.2 Å². The Balaban J connectivity index is 1.12. The normalized spacial score (nSPS) is 17.6. The van der Waals surface area contributed by atoms with Crippen LogP contribution in [0.3, 0.4) is 0 Å². The van der Waals surface area contributed by atoms with E-state index < -0.39 is 5.54 Å².